The van der Waals surface area contributed by atoms with Crippen molar-refractivity contribution in [2.24, 2.45) is 0 Å². The predicted molar refractivity (Wildman–Crippen MR) is 70.5 cm³/mol. The second-order valence-electron chi connectivity index (χ2n) is 4.27. The van der Waals surface area contributed by atoms with Crippen molar-refractivity contribution in [1.29, 1.82) is 0 Å². The zero-order valence-corrected chi connectivity index (χ0v) is 10.0. The number of hydrogen-bond acceptors (Lipinski definition) is 1. The third kappa shape index (κ3) is 1.45. The van der Waals surface area contributed by atoms with E-state index in [0.717, 1.165) is 0 Å². The van der Waals surface area contributed by atoms with Gasteiger partial charge in [0.15, 0.2) is 0 Å². The van der Waals surface area contributed by atoms with Crippen LogP contribution in [0, 0.1) is 13.8 Å². The highest BCUT2D eigenvalue weighted by Gasteiger charge is 2.11. The Morgan fingerprint density at radius 1 is 1.00 bits per heavy atom. The minimum absolute atomic E-state index is 1.17. The number of pyridine rings is 1. The van der Waals surface area contributed by atoms with Crippen LogP contribution in [0.5, 0.6) is 0 Å². The van der Waals surface area contributed by atoms with Crippen LogP contribution in [0.1, 0.15) is 11.3 Å². The first-order valence-electron chi connectivity index (χ1n) is 5.76. The molecule has 0 radical (unpaired) electrons. The minimum atomic E-state index is 1.17. The van der Waals surface area contributed by atoms with Crippen molar-refractivity contribution in [3.8, 4) is 5.69 Å². The van der Waals surface area contributed by atoms with Crippen molar-refractivity contribution in [2.45, 2.75) is 13.8 Å². The molecule has 0 fully saturated rings. The number of nitrogens with zero attached hydrogens (tertiary/aromatic N) is 2. The van der Waals surface area contributed by atoms with E-state index in [2.05, 4.69) is 53.7 Å². The highest BCUT2D eigenvalue weighted by Crippen LogP contribution is 2.27. The molecule has 2 aromatic heterocycles. The van der Waals surface area contributed by atoms with Crippen LogP contribution in [0.15, 0.2) is 48.8 Å². The van der Waals surface area contributed by atoms with E-state index in [9.17, 15) is 0 Å². The average molecular weight is 222 g/mol. The van der Waals surface area contributed by atoms with Crippen molar-refractivity contribution < 1.29 is 0 Å². The van der Waals surface area contributed by atoms with Gasteiger partial charge in [0, 0.05) is 23.0 Å². The smallest absolute Gasteiger partial charge is 0.0717 e. The van der Waals surface area contributed by atoms with Gasteiger partial charge in [-0.2, -0.15) is 0 Å². The number of para-hydroxylation sites is 1. The molecule has 0 aliphatic heterocycles. The summed E-state index contributed by atoms with van der Waals surface area (Å²) in [6.07, 6.45) is 3.78. The number of aromatic nitrogens is 2. The van der Waals surface area contributed by atoms with Gasteiger partial charge in [-0.1, -0.05) is 18.2 Å². The van der Waals surface area contributed by atoms with Gasteiger partial charge in [0.1, 0.15) is 0 Å². The molecule has 0 N–H and O–H groups in total. The largest absolute Gasteiger partial charge is 0.312 e. The molecule has 0 atom stereocenters. The highest BCUT2D eigenvalue weighted by atomic mass is 15.0. The quantitative estimate of drug-likeness (QED) is 0.614. The highest BCUT2D eigenvalue weighted by molar-refractivity contribution is 5.86. The lowest BCUT2D eigenvalue weighted by Gasteiger charge is -2.07. The summed E-state index contributed by atoms with van der Waals surface area (Å²) < 4.78 is 2.26. The normalized spacial score (nSPS) is 10.9. The molecule has 2 heteroatoms. The molecule has 2 heterocycles. The Bertz CT molecular complexity index is 666. The van der Waals surface area contributed by atoms with Crippen LogP contribution >= 0.6 is 0 Å². The van der Waals surface area contributed by atoms with Gasteiger partial charge in [0.2, 0.25) is 0 Å². The molecule has 0 spiro atoms. The molecule has 1 aromatic carbocycles. The van der Waals surface area contributed by atoms with Crippen LogP contribution in [0.3, 0.4) is 0 Å². The fourth-order valence-electron chi connectivity index (χ4n) is 2.33. The molecule has 2 nitrogen and oxygen atoms in total. The lowest BCUT2D eigenvalue weighted by atomic mass is 10.2. The SMILES string of the molecule is Cc1c(C)n(-c2ccccc2)c2cnccc12. The topological polar surface area (TPSA) is 17.8 Å². The van der Waals surface area contributed by atoms with Gasteiger partial charge in [-0.15, -0.1) is 0 Å². The molecule has 3 rings (SSSR count). The molecule has 0 bridgehead atoms. The Morgan fingerprint density at radius 3 is 2.53 bits per heavy atom. The molecule has 3 aromatic rings. The van der Waals surface area contributed by atoms with Gasteiger partial charge in [-0.05, 0) is 37.6 Å². The fourth-order valence-corrected chi connectivity index (χ4v) is 2.33. The van der Waals surface area contributed by atoms with E-state index in [1.807, 2.05) is 18.5 Å². The first-order chi connectivity index (χ1) is 8.29. The summed E-state index contributed by atoms with van der Waals surface area (Å²) in [5, 5.41) is 1.28. The summed E-state index contributed by atoms with van der Waals surface area (Å²) in [5.74, 6) is 0. The molecule has 0 aliphatic carbocycles. The maximum atomic E-state index is 4.23. The molecular weight excluding hydrogens is 208 g/mol. The predicted octanol–water partition coefficient (Wildman–Crippen LogP) is 3.64. The van der Waals surface area contributed by atoms with Crippen LogP contribution < -0.4 is 0 Å². The van der Waals surface area contributed by atoms with Gasteiger partial charge >= 0.3 is 0 Å². The van der Waals surface area contributed by atoms with E-state index in [4.69, 9.17) is 0 Å². The van der Waals surface area contributed by atoms with E-state index in [-0.39, 0.29) is 0 Å². The summed E-state index contributed by atoms with van der Waals surface area (Å²) in [5.41, 5.74) is 4.97. The molecule has 0 saturated heterocycles. The van der Waals surface area contributed by atoms with E-state index in [1.54, 1.807) is 0 Å². The maximum absolute atomic E-state index is 4.23. The molecule has 17 heavy (non-hydrogen) atoms. The summed E-state index contributed by atoms with van der Waals surface area (Å²) in [4.78, 5) is 4.23. The van der Waals surface area contributed by atoms with Crippen LogP contribution in [-0.2, 0) is 0 Å². The molecular formula is C15H14N2. The van der Waals surface area contributed by atoms with E-state index >= 15 is 0 Å². The zero-order chi connectivity index (χ0) is 11.8. The maximum Gasteiger partial charge on any atom is 0.0717 e. The van der Waals surface area contributed by atoms with Crippen molar-refractivity contribution in [2.75, 3.05) is 0 Å². The number of fused-ring (bicyclic) bond motifs is 1. The lowest BCUT2D eigenvalue weighted by molar-refractivity contribution is 1.04. The third-order valence-corrected chi connectivity index (χ3v) is 3.34. The Hall–Kier alpha value is -2.09. The lowest BCUT2D eigenvalue weighted by Crippen LogP contribution is -1.96. The summed E-state index contributed by atoms with van der Waals surface area (Å²) in [7, 11) is 0. The summed E-state index contributed by atoms with van der Waals surface area (Å²) in [6.45, 7) is 4.32. The van der Waals surface area contributed by atoms with Crippen LogP contribution in [0.4, 0.5) is 0 Å². The van der Waals surface area contributed by atoms with Crippen LogP contribution in [0.25, 0.3) is 16.6 Å². The van der Waals surface area contributed by atoms with Crippen LogP contribution in [-0.4, -0.2) is 9.55 Å². The van der Waals surface area contributed by atoms with Gasteiger partial charge in [0.25, 0.3) is 0 Å². The van der Waals surface area contributed by atoms with Gasteiger partial charge < -0.3 is 4.57 Å². The average Bonchev–Trinajstić information content (AvgIpc) is 2.64. The van der Waals surface area contributed by atoms with Crippen molar-refractivity contribution >= 4 is 10.9 Å². The first kappa shape index (κ1) is 10.1. The Labute approximate surface area is 101 Å². The summed E-state index contributed by atoms with van der Waals surface area (Å²) >= 11 is 0. The molecule has 0 amide bonds. The number of aryl methyl sites for hydroxylation is 1. The van der Waals surface area contributed by atoms with Gasteiger partial charge in [0.05, 0.1) is 11.7 Å². The van der Waals surface area contributed by atoms with Gasteiger partial charge in [-0.25, -0.2) is 0 Å². The van der Waals surface area contributed by atoms with Gasteiger partial charge in [-0.3, -0.25) is 4.98 Å². The monoisotopic (exact) mass is 222 g/mol. The van der Waals surface area contributed by atoms with Crippen molar-refractivity contribution in [1.82, 2.24) is 9.55 Å². The number of hydrogen-bond donors (Lipinski definition) is 0. The number of benzene rings is 1. The minimum Gasteiger partial charge on any atom is -0.312 e. The van der Waals surface area contributed by atoms with Crippen molar-refractivity contribution in [3.63, 3.8) is 0 Å². The number of rotatable bonds is 1. The molecule has 0 unspecified atom stereocenters. The Balaban J connectivity index is 2.41. The van der Waals surface area contributed by atoms with E-state index in [0.29, 0.717) is 0 Å². The second-order valence-corrected chi connectivity index (χ2v) is 4.27. The van der Waals surface area contributed by atoms with E-state index in [1.165, 1.54) is 27.8 Å². The zero-order valence-electron chi connectivity index (χ0n) is 10.0. The van der Waals surface area contributed by atoms with Crippen molar-refractivity contribution in [3.05, 3.63) is 60.0 Å². The Morgan fingerprint density at radius 2 is 1.76 bits per heavy atom. The first-order valence-corrected chi connectivity index (χ1v) is 5.76. The molecule has 84 valence electrons. The van der Waals surface area contributed by atoms with E-state index < -0.39 is 0 Å². The molecule has 0 saturated carbocycles. The second kappa shape index (κ2) is 3.74. The molecule has 0 aliphatic rings. The summed E-state index contributed by atoms with van der Waals surface area (Å²) in [6, 6.07) is 12.5. The third-order valence-electron chi connectivity index (χ3n) is 3.34. The Kier molecular flexibility index (Phi) is 2.22. The van der Waals surface area contributed by atoms with Crippen LogP contribution in [0.2, 0.25) is 0 Å². The standard InChI is InChI=1S/C15H14N2/c1-11-12(2)17(13-6-4-3-5-7-13)15-10-16-9-8-14(11)15/h3-10H,1-2H3. The fraction of sp³-hybridized carbons (Fsp3) is 0.133.